The lowest BCUT2D eigenvalue weighted by molar-refractivity contribution is 0.414. The molecule has 2 saturated carbocycles. The number of fused-ring (bicyclic) bond motifs is 1. The van der Waals surface area contributed by atoms with Gasteiger partial charge in [-0.2, -0.15) is 0 Å². The van der Waals surface area contributed by atoms with E-state index in [1.165, 1.54) is 37.8 Å². The van der Waals surface area contributed by atoms with E-state index in [1.807, 2.05) is 18.3 Å². The molecule has 3 nitrogen and oxygen atoms in total. The van der Waals surface area contributed by atoms with Crippen molar-refractivity contribution in [2.24, 2.45) is 11.8 Å². The molecule has 0 saturated heterocycles. The maximum atomic E-state index is 13.3. The average Bonchev–Trinajstić information content (AvgIpc) is 3.55. The van der Waals surface area contributed by atoms with Crippen LogP contribution >= 0.6 is 0 Å². The summed E-state index contributed by atoms with van der Waals surface area (Å²) in [6.07, 6.45) is 7.53. The average molecular weight is 335 g/mol. The number of hydrogen-bond acceptors (Lipinski definition) is 2. The number of nitrogens with one attached hydrogen (secondary N) is 1. The molecule has 0 unspecified atom stereocenters. The summed E-state index contributed by atoms with van der Waals surface area (Å²) in [5, 5.41) is 3.79. The molecular formula is C21H22FN3. The smallest absolute Gasteiger partial charge is 0.144 e. The SMILES string of the molecule is Fc1ccc(-c2nc(CNC(C3CC3)C3CC3)c3ccccn23)cc1. The first kappa shape index (κ1) is 15.1. The van der Waals surface area contributed by atoms with Crippen molar-refractivity contribution in [2.45, 2.75) is 38.3 Å². The van der Waals surface area contributed by atoms with Gasteiger partial charge in [0.25, 0.3) is 0 Å². The van der Waals surface area contributed by atoms with Gasteiger partial charge < -0.3 is 5.32 Å². The lowest BCUT2D eigenvalue weighted by Gasteiger charge is -2.16. The molecule has 0 amide bonds. The Morgan fingerprint density at radius 3 is 2.44 bits per heavy atom. The van der Waals surface area contributed by atoms with Gasteiger partial charge in [0.1, 0.15) is 11.6 Å². The third-order valence-electron chi connectivity index (χ3n) is 5.49. The van der Waals surface area contributed by atoms with Crippen LogP contribution in [0.4, 0.5) is 4.39 Å². The lowest BCUT2D eigenvalue weighted by atomic mass is 10.1. The summed E-state index contributed by atoms with van der Waals surface area (Å²) in [7, 11) is 0. The van der Waals surface area contributed by atoms with E-state index in [-0.39, 0.29) is 5.82 Å². The fourth-order valence-corrected chi connectivity index (χ4v) is 3.88. The Balaban J connectivity index is 1.47. The molecule has 1 aromatic carbocycles. The Morgan fingerprint density at radius 2 is 1.76 bits per heavy atom. The van der Waals surface area contributed by atoms with E-state index < -0.39 is 0 Å². The molecule has 2 aromatic heterocycles. The van der Waals surface area contributed by atoms with Crippen molar-refractivity contribution in [3.05, 3.63) is 60.2 Å². The zero-order valence-corrected chi connectivity index (χ0v) is 14.2. The zero-order chi connectivity index (χ0) is 16.8. The maximum absolute atomic E-state index is 13.3. The van der Waals surface area contributed by atoms with Crippen molar-refractivity contribution >= 4 is 5.52 Å². The van der Waals surface area contributed by atoms with Crippen LogP contribution in [-0.2, 0) is 6.54 Å². The first-order valence-corrected chi connectivity index (χ1v) is 9.25. The van der Waals surface area contributed by atoms with E-state index in [4.69, 9.17) is 4.98 Å². The van der Waals surface area contributed by atoms with E-state index in [9.17, 15) is 4.39 Å². The van der Waals surface area contributed by atoms with E-state index in [0.717, 1.165) is 41.0 Å². The van der Waals surface area contributed by atoms with Gasteiger partial charge >= 0.3 is 0 Å². The Hall–Kier alpha value is -2.20. The van der Waals surface area contributed by atoms with Gasteiger partial charge in [0.05, 0.1) is 11.2 Å². The van der Waals surface area contributed by atoms with Crippen LogP contribution in [0.25, 0.3) is 16.9 Å². The summed E-state index contributed by atoms with van der Waals surface area (Å²) >= 11 is 0. The highest BCUT2D eigenvalue weighted by Crippen LogP contribution is 2.44. The fraction of sp³-hybridized carbons (Fsp3) is 0.381. The van der Waals surface area contributed by atoms with Crippen LogP contribution in [0, 0.1) is 17.7 Å². The third kappa shape index (κ3) is 2.95. The van der Waals surface area contributed by atoms with E-state index in [1.54, 1.807) is 12.1 Å². The molecule has 2 fully saturated rings. The predicted octanol–water partition coefficient (Wildman–Crippen LogP) is 4.42. The highest BCUT2D eigenvalue weighted by molar-refractivity contribution is 5.65. The topological polar surface area (TPSA) is 29.3 Å². The summed E-state index contributed by atoms with van der Waals surface area (Å²) in [6.45, 7) is 0.798. The largest absolute Gasteiger partial charge is 0.308 e. The fourth-order valence-electron chi connectivity index (χ4n) is 3.88. The molecule has 25 heavy (non-hydrogen) atoms. The van der Waals surface area contributed by atoms with Crippen molar-refractivity contribution in [1.82, 2.24) is 14.7 Å². The van der Waals surface area contributed by atoms with Crippen LogP contribution in [-0.4, -0.2) is 15.4 Å². The number of nitrogens with zero attached hydrogens (tertiary/aromatic N) is 2. The van der Waals surface area contributed by atoms with Crippen LogP contribution in [0.5, 0.6) is 0 Å². The number of benzene rings is 1. The molecular weight excluding hydrogens is 313 g/mol. The van der Waals surface area contributed by atoms with Crippen molar-refractivity contribution in [1.29, 1.82) is 0 Å². The van der Waals surface area contributed by atoms with Gasteiger partial charge in [-0.25, -0.2) is 9.37 Å². The van der Waals surface area contributed by atoms with Crippen LogP contribution in [0.1, 0.15) is 31.4 Å². The minimum Gasteiger partial charge on any atom is -0.308 e. The number of rotatable bonds is 6. The van der Waals surface area contributed by atoms with Crippen LogP contribution in [0.3, 0.4) is 0 Å². The van der Waals surface area contributed by atoms with Gasteiger partial charge in [0, 0.05) is 24.3 Å². The third-order valence-corrected chi connectivity index (χ3v) is 5.49. The van der Waals surface area contributed by atoms with Gasteiger partial charge in [-0.05, 0) is 73.9 Å². The number of halogens is 1. The monoisotopic (exact) mass is 335 g/mol. The van der Waals surface area contributed by atoms with Crippen molar-refractivity contribution in [3.63, 3.8) is 0 Å². The van der Waals surface area contributed by atoms with Crippen LogP contribution < -0.4 is 5.32 Å². The molecule has 2 aliphatic rings. The molecule has 4 heteroatoms. The molecule has 0 aliphatic heterocycles. The zero-order valence-electron chi connectivity index (χ0n) is 14.2. The lowest BCUT2D eigenvalue weighted by Crippen LogP contribution is -2.32. The summed E-state index contributed by atoms with van der Waals surface area (Å²) in [5.41, 5.74) is 3.14. The number of pyridine rings is 1. The van der Waals surface area contributed by atoms with E-state index in [0.29, 0.717) is 6.04 Å². The molecule has 5 rings (SSSR count). The van der Waals surface area contributed by atoms with Gasteiger partial charge in [-0.15, -0.1) is 0 Å². The minimum absolute atomic E-state index is 0.219. The van der Waals surface area contributed by atoms with Gasteiger partial charge in [0.15, 0.2) is 0 Å². The number of aromatic nitrogens is 2. The molecule has 0 radical (unpaired) electrons. The summed E-state index contributed by atoms with van der Waals surface area (Å²) in [5.74, 6) is 2.40. The Labute approximate surface area is 146 Å². The molecule has 0 atom stereocenters. The van der Waals surface area contributed by atoms with E-state index >= 15 is 0 Å². The predicted molar refractivity (Wildman–Crippen MR) is 96.7 cm³/mol. The van der Waals surface area contributed by atoms with Gasteiger partial charge in [0.2, 0.25) is 0 Å². The van der Waals surface area contributed by atoms with Crippen LogP contribution in [0.2, 0.25) is 0 Å². The van der Waals surface area contributed by atoms with Gasteiger partial charge in [-0.1, -0.05) is 6.07 Å². The first-order chi connectivity index (χ1) is 12.3. The van der Waals surface area contributed by atoms with Crippen molar-refractivity contribution < 1.29 is 4.39 Å². The first-order valence-electron chi connectivity index (χ1n) is 9.25. The highest BCUT2D eigenvalue weighted by atomic mass is 19.1. The van der Waals surface area contributed by atoms with Crippen LogP contribution in [0.15, 0.2) is 48.7 Å². The Morgan fingerprint density at radius 1 is 1.04 bits per heavy atom. The summed E-state index contributed by atoms with van der Waals surface area (Å²) < 4.78 is 15.4. The molecule has 3 aromatic rings. The molecule has 0 spiro atoms. The van der Waals surface area contributed by atoms with Gasteiger partial charge in [-0.3, -0.25) is 4.40 Å². The normalized spacial score (nSPS) is 17.5. The molecule has 1 N–H and O–H groups in total. The molecule has 0 bridgehead atoms. The molecule has 2 heterocycles. The summed E-state index contributed by atoms with van der Waals surface area (Å²) in [4.78, 5) is 4.90. The minimum atomic E-state index is -0.219. The second-order valence-corrected chi connectivity index (χ2v) is 7.43. The quantitative estimate of drug-likeness (QED) is 0.722. The maximum Gasteiger partial charge on any atom is 0.144 e. The van der Waals surface area contributed by atoms with E-state index in [2.05, 4.69) is 15.8 Å². The molecule has 128 valence electrons. The highest BCUT2D eigenvalue weighted by Gasteiger charge is 2.41. The second-order valence-electron chi connectivity index (χ2n) is 7.43. The Kier molecular flexibility index (Phi) is 3.59. The second kappa shape index (κ2) is 5.95. The standard InChI is InChI=1S/C21H22FN3/c22-17-10-8-16(9-11-17)21-24-18(19-3-1-2-12-25(19)21)13-23-20(14-4-5-14)15-6-7-15/h1-3,8-12,14-15,20,23H,4-7,13H2. The van der Waals surface area contributed by atoms with Crippen molar-refractivity contribution in [3.8, 4) is 11.4 Å². The molecule has 2 aliphatic carbocycles. The number of hydrogen-bond donors (Lipinski definition) is 1. The Bertz CT molecular complexity index is 879. The summed E-state index contributed by atoms with van der Waals surface area (Å²) in [6, 6.07) is 13.4. The van der Waals surface area contributed by atoms with Crippen molar-refractivity contribution in [2.75, 3.05) is 0 Å². The number of imidazole rings is 1.